The summed E-state index contributed by atoms with van der Waals surface area (Å²) in [5, 5.41) is 30.3. The van der Waals surface area contributed by atoms with Gasteiger partial charge in [-0.2, -0.15) is 4.68 Å². The van der Waals surface area contributed by atoms with Crippen molar-refractivity contribution in [3.05, 3.63) is 94.0 Å². The minimum absolute atomic E-state index is 0.203. The molecule has 0 fully saturated rings. The molecule has 1 aromatic heterocycles. The quantitative estimate of drug-likeness (QED) is 0.252. The number of benzene rings is 2. The fourth-order valence-electron chi connectivity index (χ4n) is 5.21. The highest BCUT2D eigenvalue weighted by atomic mass is 35.5. The van der Waals surface area contributed by atoms with Gasteiger partial charge in [0.25, 0.3) is 0 Å². The first-order valence-electron chi connectivity index (χ1n) is 14.9. The number of rotatable bonds is 7. The number of nitrogens with one attached hydrogen (secondary N) is 2. The maximum absolute atomic E-state index is 13.3. The number of tetrazole rings is 1. The van der Waals surface area contributed by atoms with Gasteiger partial charge >= 0.3 is 12.1 Å². The number of carbonyl (C=O) groups excluding carboxylic acids is 3. The second-order valence-electron chi connectivity index (χ2n) is 10.6. The normalized spacial score (nSPS) is 17.8. The van der Waals surface area contributed by atoms with Crippen LogP contribution in [0.5, 0.6) is 0 Å². The number of hydroxylamine groups is 2. The standard InChI is InChI=1S/C32H33ClN8O6/c1-3-47-31(43)26-7-5-4-6-25(37-30(42)13-8-21-16-22(33)9-12-28(21)40-19-34-38-39-40)29-17-20(14-15-41(29)45)24-11-10-23(18-27(24)36-26)35-32(44)46-2/h8-19,25-26,45H,3-7H2,1-2H3,(H,35,44)(H,37,42)/t25-,26+/m0/s1. The summed E-state index contributed by atoms with van der Waals surface area (Å²) in [6.07, 6.45) is 10.7. The molecule has 2 bridgehead atoms. The Morgan fingerprint density at radius 2 is 1.98 bits per heavy atom. The monoisotopic (exact) mass is 660 g/mol. The van der Waals surface area contributed by atoms with E-state index in [-0.39, 0.29) is 6.61 Å². The summed E-state index contributed by atoms with van der Waals surface area (Å²) >= 11 is 6.23. The smallest absolute Gasteiger partial charge is 0.411 e. The average Bonchev–Trinajstić information content (AvgIpc) is 3.59. The summed E-state index contributed by atoms with van der Waals surface area (Å²) in [5.74, 6) is -0.866. The number of nitrogens with zero attached hydrogens (tertiary/aromatic N) is 6. The van der Waals surface area contributed by atoms with Gasteiger partial charge in [-0.25, -0.2) is 14.7 Å². The number of allylic oxidation sites excluding steroid dienone is 2. The molecule has 2 amide bonds. The van der Waals surface area contributed by atoms with E-state index in [9.17, 15) is 19.6 Å². The van der Waals surface area contributed by atoms with Gasteiger partial charge < -0.3 is 14.8 Å². The van der Waals surface area contributed by atoms with Crippen molar-refractivity contribution in [1.82, 2.24) is 30.6 Å². The maximum atomic E-state index is 13.3. The van der Waals surface area contributed by atoms with E-state index >= 15 is 0 Å². The van der Waals surface area contributed by atoms with Crippen LogP contribution in [0.1, 0.15) is 38.2 Å². The lowest BCUT2D eigenvalue weighted by molar-refractivity contribution is -0.144. The number of carbonyl (C=O) groups is 3. The molecule has 3 heterocycles. The number of esters is 1. The van der Waals surface area contributed by atoms with E-state index < -0.39 is 30.1 Å². The van der Waals surface area contributed by atoms with Crippen molar-refractivity contribution in [2.24, 2.45) is 4.99 Å². The zero-order valence-electron chi connectivity index (χ0n) is 25.7. The Bertz CT molecular complexity index is 1860. The van der Waals surface area contributed by atoms with Gasteiger partial charge in [0.15, 0.2) is 0 Å². The number of anilines is 1. The van der Waals surface area contributed by atoms with Crippen LogP contribution in [-0.4, -0.2) is 74.2 Å². The third kappa shape index (κ3) is 8.28. The number of aromatic nitrogens is 4. The second kappa shape index (κ2) is 15.3. The van der Waals surface area contributed by atoms with Crippen molar-refractivity contribution in [2.45, 2.75) is 44.7 Å². The van der Waals surface area contributed by atoms with E-state index in [2.05, 4.69) is 26.2 Å². The van der Waals surface area contributed by atoms with E-state index in [0.29, 0.717) is 69.5 Å². The molecule has 3 N–H and O–H groups in total. The third-order valence-electron chi connectivity index (χ3n) is 7.45. The van der Waals surface area contributed by atoms with Crippen LogP contribution in [0.25, 0.3) is 17.3 Å². The maximum Gasteiger partial charge on any atom is 0.411 e. The number of halogens is 1. The number of hydrogen-bond donors (Lipinski definition) is 3. The van der Waals surface area contributed by atoms with Crippen molar-refractivity contribution in [3.63, 3.8) is 0 Å². The molecule has 0 aliphatic carbocycles. The Hall–Kier alpha value is -5.34. The summed E-state index contributed by atoms with van der Waals surface area (Å²) < 4.78 is 11.5. The molecule has 3 aromatic rings. The number of fused-ring (bicyclic) bond motifs is 2. The summed E-state index contributed by atoms with van der Waals surface area (Å²) in [6.45, 7) is 1.93. The Labute approximate surface area is 274 Å². The average molecular weight is 661 g/mol. The van der Waals surface area contributed by atoms with Crippen molar-refractivity contribution in [1.29, 1.82) is 0 Å². The van der Waals surface area contributed by atoms with Gasteiger partial charge in [-0.1, -0.05) is 30.5 Å². The largest absolute Gasteiger partial charge is 0.464 e. The molecular formula is C32H33ClN8O6. The Kier molecular flexibility index (Phi) is 10.8. The summed E-state index contributed by atoms with van der Waals surface area (Å²) in [7, 11) is 1.26. The fourth-order valence-corrected chi connectivity index (χ4v) is 5.39. The highest BCUT2D eigenvalue weighted by Gasteiger charge is 2.25. The van der Waals surface area contributed by atoms with Crippen LogP contribution in [-0.2, 0) is 19.1 Å². The first kappa shape index (κ1) is 33.0. The molecule has 5 rings (SSSR count). The van der Waals surface area contributed by atoms with Crippen molar-refractivity contribution >= 4 is 46.9 Å². The van der Waals surface area contributed by atoms with E-state index in [4.69, 9.17) is 26.1 Å². The van der Waals surface area contributed by atoms with E-state index in [1.807, 2.05) is 0 Å². The van der Waals surface area contributed by atoms with E-state index in [1.54, 1.807) is 61.5 Å². The Morgan fingerprint density at radius 3 is 2.74 bits per heavy atom. The minimum atomic E-state index is -0.796. The lowest BCUT2D eigenvalue weighted by Gasteiger charge is -2.28. The SMILES string of the molecule is CCOC(=O)[C@H]1CCCC[C@H](NC(=O)C=Cc2cc(Cl)ccc2-n2cnnn2)C2=CC(=c3ccc(NC(=O)OC)cc3=N1)C=CN2O. The Morgan fingerprint density at radius 1 is 1.15 bits per heavy atom. The van der Waals surface area contributed by atoms with Crippen LogP contribution >= 0.6 is 11.6 Å². The number of ether oxygens (including phenoxy) is 2. The Balaban J connectivity index is 1.51. The van der Waals surface area contributed by atoms with Gasteiger partial charge in [0, 0.05) is 33.8 Å². The van der Waals surface area contributed by atoms with Crippen molar-refractivity contribution in [3.8, 4) is 5.69 Å². The molecule has 14 nitrogen and oxygen atoms in total. The van der Waals surface area contributed by atoms with Gasteiger partial charge in [0.05, 0.1) is 36.5 Å². The van der Waals surface area contributed by atoms with E-state index in [0.717, 1.165) is 5.06 Å². The van der Waals surface area contributed by atoms with Crippen LogP contribution in [0.3, 0.4) is 0 Å². The fraction of sp³-hybridized carbons (Fsp3) is 0.281. The first-order chi connectivity index (χ1) is 22.7. The molecule has 0 saturated carbocycles. The molecular weight excluding hydrogens is 628 g/mol. The number of hydrogen-bond acceptors (Lipinski definition) is 11. The number of amides is 2. The molecule has 47 heavy (non-hydrogen) atoms. The predicted molar refractivity (Wildman–Crippen MR) is 172 cm³/mol. The van der Waals surface area contributed by atoms with Gasteiger partial charge in [0.2, 0.25) is 5.91 Å². The highest BCUT2D eigenvalue weighted by molar-refractivity contribution is 6.30. The minimum Gasteiger partial charge on any atom is -0.464 e. The van der Waals surface area contributed by atoms with Gasteiger partial charge in [-0.05, 0) is 84.3 Å². The summed E-state index contributed by atoms with van der Waals surface area (Å²) in [6, 6.07) is 8.81. The zero-order chi connectivity index (χ0) is 33.3. The van der Waals surface area contributed by atoms with Crippen LogP contribution in [0, 0.1) is 0 Å². The molecule has 2 aliphatic rings. The van der Waals surface area contributed by atoms with E-state index in [1.165, 1.54) is 30.4 Å². The molecule has 0 spiro atoms. The topological polar surface area (TPSA) is 173 Å². The lowest BCUT2D eigenvalue weighted by Crippen LogP contribution is -2.41. The van der Waals surface area contributed by atoms with Crippen molar-refractivity contribution < 1.29 is 29.1 Å². The molecule has 15 heteroatoms. The molecule has 0 saturated heterocycles. The molecule has 2 atom stereocenters. The van der Waals surface area contributed by atoms with Gasteiger partial charge in [0.1, 0.15) is 12.4 Å². The molecule has 2 aromatic carbocycles. The van der Waals surface area contributed by atoms with Crippen LogP contribution < -0.4 is 21.2 Å². The lowest BCUT2D eigenvalue weighted by atomic mass is 9.98. The molecule has 244 valence electrons. The zero-order valence-corrected chi connectivity index (χ0v) is 26.4. The molecule has 0 radical (unpaired) electrons. The van der Waals surface area contributed by atoms with Gasteiger partial charge in [-0.15, -0.1) is 5.10 Å². The van der Waals surface area contributed by atoms with Crippen LogP contribution in [0.2, 0.25) is 5.02 Å². The van der Waals surface area contributed by atoms with Crippen LogP contribution in [0.4, 0.5) is 10.5 Å². The molecule has 0 unspecified atom stereocenters. The number of methoxy groups -OCH3 is 1. The predicted octanol–water partition coefficient (Wildman–Crippen LogP) is 3.07. The first-order valence-corrected chi connectivity index (χ1v) is 15.3. The third-order valence-corrected chi connectivity index (χ3v) is 7.69. The second-order valence-corrected chi connectivity index (χ2v) is 11.0. The van der Waals surface area contributed by atoms with Crippen molar-refractivity contribution in [2.75, 3.05) is 19.0 Å². The highest BCUT2D eigenvalue weighted by Crippen LogP contribution is 2.24. The van der Waals surface area contributed by atoms with Crippen LogP contribution in [0.15, 0.2) is 77.8 Å². The summed E-state index contributed by atoms with van der Waals surface area (Å²) in [5.41, 5.74) is 2.76. The summed E-state index contributed by atoms with van der Waals surface area (Å²) in [4.78, 5) is 43.0. The van der Waals surface area contributed by atoms with Gasteiger partial charge in [-0.3, -0.25) is 20.3 Å². The molecule has 2 aliphatic heterocycles.